The van der Waals surface area contributed by atoms with Gasteiger partial charge in [-0.15, -0.1) is 0 Å². The van der Waals surface area contributed by atoms with Gasteiger partial charge in [0.05, 0.1) is 5.41 Å². The summed E-state index contributed by atoms with van der Waals surface area (Å²) in [5.41, 5.74) is 2.72. The summed E-state index contributed by atoms with van der Waals surface area (Å²) >= 11 is 0. The lowest BCUT2D eigenvalue weighted by Gasteiger charge is -2.38. The van der Waals surface area contributed by atoms with Crippen LogP contribution in [0.2, 0.25) is 0 Å². The van der Waals surface area contributed by atoms with Gasteiger partial charge < -0.3 is 15.3 Å². The Labute approximate surface area is 175 Å². The molecule has 2 heterocycles. The van der Waals surface area contributed by atoms with Gasteiger partial charge in [-0.3, -0.25) is 14.5 Å². The van der Waals surface area contributed by atoms with E-state index in [0.717, 1.165) is 52.0 Å². The molecule has 3 rings (SSSR count). The molecule has 2 saturated heterocycles. The maximum absolute atomic E-state index is 12.4. The molecule has 0 saturated carbocycles. The Morgan fingerprint density at radius 3 is 2.28 bits per heavy atom. The summed E-state index contributed by atoms with van der Waals surface area (Å²) in [4.78, 5) is 25.8. The van der Waals surface area contributed by atoms with E-state index in [1.807, 2.05) is 0 Å². The van der Waals surface area contributed by atoms with Crippen molar-refractivity contribution < 1.29 is 14.7 Å². The van der Waals surface area contributed by atoms with E-state index in [-0.39, 0.29) is 17.8 Å². The predicted molar refractivity (Wildman–Crippen MR) is 117 cm³/mol. The number of carbonyl (C=O) groups excluding carboxylic acids is 1. The normalized spacial score (nSPS) is 21.5. The standard InChI is InChI=1S/C22H35N3O.CH2O2/c1-5-22(6-2)15-18(23-21(22)26)16-24-11-13-25(14-12-24)20-10-8-7-9-19(20)17(3)4;2-1-3/h7-10,17-18H,5-6,11-16H2,1-4H3,(H,23,26);1H,(H,2,3)/t18-;/m1./s1. The lowest BCUT2D eigenvalue weighted by molar-refractivity contribution is -0.128. The number of hydrogen-bond donors (Lipinski definition) is 2. The number of amides is 1. The largest absolute Gasteiger partial charge is 0.483 e. The quantitative estimate of drug-likeness (QED) is 0.713. The highest BCUT2D eigenvalue weighted by Crippen LogP contribution is 2.37. The fourth-order valence-electron chi connectivity index (χ4n) is 4.67. The van der Waals surface area contributed by atoms with Gasteiger partial charge in [-0.05, 0) is 36.8 Å². The minimum Gasteiger partial charge on any atom is -0.483 e. The highest BCUT2D eigenvalue weighted by Gasteiger charge is 2.44. The number of para-hydroxylation sites is 1. The third-order valence-corrected chi connectivity index (χ3v) is 6.56. The maximum atomic E-state index is 12.4. The van der Waals surface area contributed by atoms with Crippen molar-refractivity contribution in [2.45, 2.75) is 58.9 Å². The van der Waals surface area contributed by atoms with Crippen molar-refractivity contribution in [2.24, 2.45) is 5.41 Å². The summed E-state index contributed by atoms with van der Waals surface area (Å²) in [5.74, 6) is 0.825. The zero-order valence-electron chi connectivity index (χ0n) is 18.4. The summed E-state index contributed by atoms with van der Waals surface area (Å²) in [7, 11) is 0. The lowest BCUT2D eigenvalue weighted by atomic mass is 9.79. The first-order valence-electron chi connectivity index (χ1n) is 10.9. The van der Waals surface area contributed by atoms with E-state index in [1.165, 1.54) is 11.3 Å². The number of nitrogens with zero attached hydrogens (tertiary/aromatic N) is 2. The molecule has 0 aliphatic carbocycles. The maximum Gasteiger partial charge on any atom is 0.290 e. The van der Waals surface area contributed by atoms with Gasteiger partial charge in [-0.2, -0.15) is 0 Å². The van der Waals surface area contributed by atoms with Crippen LogP contribution in [0.1, 0.15) is 58.4 Å². The SMILES string of the molecule is CCC1(CC)C[C@H](CN2CCN(c3ccccc3C(C)C)CC2)NC1=O.O=CO. The van der Waals surface area contributed by atoms with Crippen LogP contribution in [0.4, 0.5) is 5.69 Å². The van der Waals surface area contributed by atoms with Crippen molar-refractivity contribution in [1.29, 1.82) is 0 Å². The highest BCUT2D eigenvalue weighted by molar-refractivity contribution is 5.85. The van der Waals surface area contributed by atoms with E-state index >= 15 is 0 Å². The summed E-state index contributed by atoms with van der Waals surface area (Å²) in [6, 6.07) is 9.13. The molecule has 0 bridgehead atoms. The van der Waals surface area contributed by atoms with E-state index in [4.69, 9.17) is 9.90 Å². The van der Waals surface area contributed by atoms with Crippen LogP contribution in [-0.2, 0) is 9.59 Å². The topological polar surface area (TPSA) is 72.9 Å². The molecule has 1 aromatic rings. The highest BCUT2D eigenvalue weighted by atomic mass is 16.3. The minimum atomic E-state index is -0.250. The second-order valence-electron chi connectivity index (χ2n) is 8.47. The van der Waals surface area contributed by atoms with Crippen molar-refractivity contribution in [3.05, 3.63) is 29.8 Å². The first-order valence-corrected chi connectivity index (χ1v) is 10.9. The second-order valence-corrected chi connectivity index (χ2v) is 8.47. The van der Waals surface area contributed by atoms with E-state index in [2.05, 4.69) is 67.1 Å². The van der Waals surface area contributed by atoms with Gasteiger partial charge in [0.1, 0.15) is 0 Å². The van der Waals surface area contributed by atoms with E-state index in [9.17, 15) is 4.79 Å². The summed E-state index contributed by atoms with van der Waals surface area (Å²) in [6.07, 6.45) is 2.90. The van der Waals surface area contributed by atoms with Crippen LogP contribution in [-0.4, -0.2) is 61.2 Å². The number of rotatable bonds is 6. The van der Waals surface area contributed by atoms with E-state index in [0.29, 0.717) is 12.0 Å². The molecular formula is C23H37N3O3. The molecule has 2 N–H and O–H groups in total. The smallest absolute Gasteiger partial charge is 0.290 e. The number of benzene rings is 1. The molecule has 2 aliphatic rings. The van der Waals surface area contributed by atoms with Crippen molar-refractivity contribution >= 4 is 18.1 Å². The summed E-state index contributed by atoms with van der Waals surface area (Å²) < 4.78 is 0. The molecule has 1 amide bonds. The number of nitrogens with one attached hydrogen (secondary N) is 1. The van der Waals surface area contributed by atoms with Crippen LogP contribution in [0.5, 0.6) is 0 Å². The first kappa shape index (κ1) is 23.2. The monoisotopic (exact) mass is 403 g/mol. The van der Waals surface area contributed by atoms with Gasteiger partial charge in [-0.1, -0.05) is 45.9 Å². The molecule has 2 fully saturated rings. The molecule has 162 valence electrons. The van der Waals surface area contributed by atoms with E-state index < -0.39 is 0 Å². The van der Waals surface area contributed by atoms with Crippen molar-refractivity contribution in [2.75, 3.05) is 37.6 Å². The first-order chi connectivity index (χ1) is 13.9. The molecule has 29 heavy (non-hydrogen) atoms. The van der Waals surface area contributed by atoms with Crippen molar-refractivity contribution in [3.8, 4) is 0 Å². The summed E-state index contributed by atoms with van der Waals surface area (Å²) in [6.45, 7) is 13.9. The van der Waals surface area contributed by atoms with Gasteiger partial charge in [0.2, 0.25) is 5.91 Å². The van der Waals surface area contributed by atoms with Crippen LogP contribution in [0.15, 0.2) is 24.3 Å². The van der Waals surface area contributed by atoms with Crippen LogP contribution < -0.4 is 10.2 Å². The lowest BCUT2D eigenvalue weighted by Crippen LogP contribution is -2.50. The Bertz CT molecular complexity index is 665. The number of carbonyl (C=O) groups is 2. The van der Waals surface area contributed by atoms with Crippen molar-refractivity contribution in [3.63, 3.8) is 0 Å². The van der Waals surface area contributed by atoms with Crippen LogP contribution in [0, 0.1) is 5.41 Å². The van der Waals surface area contributed by atoms with Gasteiger partial charge in [0.25, 0.3) is 6.47 Å². The number of piperazine rings is 1. The molecule has 0 radical (unpaired) electrons. The number of carboxylic acid groups (broad SMARTS) is 1. The van der Waals surface area contributed by atoms with Crippen LogP contribution in [0.3, 0.4) is 0 Å². The molecule has 0 spiro atoms. The predicted octanol–water partition coefficient (Wildman–Crippen LogP) is 3.33. The Balaban J connectivity index is 0.000000941. The van der Waals surface area contributed by atoms with E-state index in [1.54, 1.807) is 0 Å². The Kier molecular flexibility index (Phi) is 8.50. The van der Waals surface area contributed by atoms with Gasteiger partial charge in [0.15, 0.2) is 0 Å². The molecule has 6 nitrogen and oxygen atoms in total. The molecule has 1 atom stereocenters. The fraction of sp³-hybridized carbons (Fsp3) is 0.652. The van der Waals surface area contributed by atoms with Crippen LogP contribution >= 0.6 is 0 Å². The van der Waals surface area contributed by atoms with Gasteiger partial charge in [0, 0.05) is 44.5 Å². The average molecular weight is 404 g/mol. The van der Waals surface area contributed by atoms with Gasteiger partial charge >= 0.3 is 0 Å². The van der Waals surface area contributed by atoms with Gasteiger partial charge in [-0.25, -0.2) is 0 Å². The molecule has 6 heteroatoms. The molecular weight excluding hydrogens is 366 g/mol. The average Bonchev–Trinajstić information content (AvgIpc) is 3.04. The Hall–Kier alpha value is -2.08. The zero-order valence-corrected chi connectivity index (χ0v) is 18.4. The minimum absolute atomic E-state index is 0.122. The molecule has 0 unspecified atom stereocenters. The Morgan fingerprint density at radius 1 is 1.17 bits per heavy atom. The van der Waals surface area contributed by atoms with Crippen LogP contribution in [0.25, 0.3) is 0 Å². The fourth-order valence-corrected chi connectivity index (χ4v) is 4.67. The third-order valence-electron chi connectivity index (χ3n) is 6.56. The third kappa shape index (κ3) is 5.50. The second kappa shape index (κ2) is 10.6. The Morgan fingerprint density at radius 2 is 1.76 bits per heavy atom. The zero-order chi connectivity index (χ0) is 21.4. The number of anilines is 1. The summed E-state index contributed by atoms with van der Waals surface area (Å²) in [5, 5.41) is 10.2. The van der Waals surface area contributed by atoms with Crippen molar-refractivity contribution in [1.82, 2.24) is 10.2 Å². The molecule has 2 aliphatic heterocycles. The number of hydrogen-bond acceptors (Lipinski definition) is 4. The molecule has 0 aromatic heterocycles. The molecule has 1 aromatic carbocycles.